The maximum atomic E-state index is 13.1. The average molecular weight is 192 g/mol. The summed E-state index contributed by atoms with van der Waals surface area (Å²) in [5, 5.41) is 3.21. The monoisotopic (exact) mass is 192 g/mol. The van der Waals surface area contributed by atoms with Gasteiger partial charge in [-0.1, -0.05) is 0 Å². The standard InChI is InChI=1S/C11H13FN2/c1-7-3-9(5-10(12)4-7)11-13-6-8(2)14-11/h3-5,8H,6H2,1-2H3,(H,13,14). The number of hydrogen-bond acceptors (Lipinski definition) is 2. The summed E-state index contributed by atoms with van der Waals surface area (Å²) in [5.74, 6) is 0.601. The third kappa shape index (κ3) is 1.76. The number of amidine groups is 1. The van der Waals surface area contributed by atoms with Gasteiger partial charge in [-0.05, 0) is 37.6 Å². The average Bonchev–Trinajstić information content (AvgIpc) is 2.50. The van der Waals surface area contributed by atoms with Crippen molar-refractivity contribution in [3.63, 3.8) is 0 Å². The zero-order valence-electron chi connectivity index (χ0n) is 8.34. The molecule has 1 N–H and O–H groups in total. The van der Waals surface area contributed by atoms with Crippen LogP contribution in [0.15, 0.2) is 23.2 Å². The lowest BCUT2D eigenvalue weighted by atomic mass is 10.1. The Bertz CT molecular complexity index is 365. The van der Waals surface area contributed by atoms with Crippen LogP contribution in [0.5, 0.6) is 0 Å². The highest BCUT2D eigenvalue weighted by molar-refractivity contribution is 6.00. The van der Waals surface area contributed by atoms with Crippen molar-refractivity contribution < 1.29 is 4.39 Å². The highest BCUT2D eigenvalue weighted by Gasteiger charge is 2.14. The topological polar surface area (TPSA) is 24.4 Å². The summed E-state index contributed by atoms with van der Waals surface area (Å²) in [6, 6.07) is 5.32. The first-order chi connectivity index (χ1) is 6.65. The summed E-state index contributed by atoms with van der Waals surface area (Å²) >= 11 is 0. The van der Waals surface area contributed by atoms with Crippen molar-refractivity contribution in [3.8, 4) is 0 Å². The lowest BCUT2D eigenvalue weighted by molar-refractivity contribution is 0.626. The number of nitrogens with zero attached hydrogens (tertiary/aromatic N) is 1. The van der Waals surface area contributed by atoms with E-state index in [0.717, 1.165) is 23.5 Å². The van der Waals surface area contributed by atoms with E-state index in [2.05, 4.69) is 17.2 Å². The first kappa shape index (κ1) is 9.19. The zero-order chi connectivity index (χ0) is 10.1. The van der Waals surface area contributed by atoms with Crippen LogP contribution in [0.25, 0.3) is 0 Å². The van der Waals surface area contributed by atoms with E-state index in [4.69, 9.17) is 0 Å². The molecule has 1 aromatic rings. The van der Waals surface area contributed by atoms with Crippen LogP contribution in [0.2, 0.25) is 0 Å². The van der Waals surface area contributed by atoms with Gasteiger partial charge in [0.05, 0.1) is 6.54 Å². The van der Waals surface area contributed by atoms with Gasteiger partial charge in [0.25, 0.3) is 0 Å². The second-order valence-corrected chi connectivity index (χ2v) is 3.75. The third-order valence-corrected chi connectivity index (χ3v) is 2.22. The summed E-state index contributed by atoms with van der Waals surface area (Å²) in [5.41, 5.74) is 1.76. The van der Waals surface area contributed by atoms with Crippen LogP contribution in [0.1, 0.15) is 18.1 Å². The first-order valence-electron chi connectivity index (χ1n) is 4.74. The lowest BCUT2D eigenvalue weighted by Crippen LogP contribution is -2.27. The lowest BCUT2D eigenvalue weighted by Gasteiger charge is -2.06. The van der Waals surface area contributed by atoms with E-state index in [9.17, 15) is 4.39 Å². The number of nitrogens with one attached hydrogen (secondary N) is 1. The minimum Gasteiger partial charge on any atom is -0.366 e. The van der Waals surface area contributed by atoms with Gasteiger partial charge in [0.15, 0.2) is 0 Å². The van der Waals surface area contributed by atoms with Crippen LogP contribution in [-0.4, -0.2) is 18.4 Å². The SMILES string of the molecule is Cc1cc(F)cc(C2=NCC(C)N2)c1. The van der Waals surface area contributed by atoms with Crippen molar-refractivity contribution in [1.29, 1.82) is 0 Å². The predicted octanol–water partition coefficient (Wildman–Crippen LogP) is 1.87. The number of hydrogen-bond donors (Lipinski definition) is 1. The Labute approximate surface area is 82.9 Å². The van der Waals surface area contributed by atoms with Crippen molar-refractivity contribution in [2.75, 3.05) is 6.54 Å². The number of aryl methyl sites for hydroxylation is 1. The minimum absolute atomic E-state index is 0.205. The van der Waals surface area contributed by atoms with E-state index in [0.29, 0.717) is 6.04 Å². The molecule has 1 unspecified atom stereocenters. The molecule has 1 heterocycles. The van der Waals surface area contributed by atoms with Crippen molar-refractivity contribution in [1.82, 2.24) is 5.32 Å². The summed E-state index contributed by atoms with van der Waals surface area (Å²) in [6.45, 7) is 4.71. The van der Waals surface area contributed by atoms with E-state index in [-0.39, 0.29) is 5.82 Å². The molecule has 0 fully saturated rings. The van der Waals surface area contributed by atoms with Crippen molar-refractivity contribution in [2.45, 2.75) is 19.9 Å². The highest BCUT2D eigenvalue weighted by atomic mass is 19.1. The van der Waals surface area contributed by atoms with Crippen LogP contribution in [0.4, 0.5) is 4.39 Å². The van der Waals surface area contributed by atoms with E-state index < -0.39 is 0 Å². The predicted molar refractivity (Wildman–Crippen MR) is 55.1 cm³/mol. The van der Waals surface area contributed by atoms with Crippen molar-refractivity contribution in [2.24, 2.45) is 4.99 Å². The second kappa shape index (κ2) is 3.40. The second-order valence-electron chi connectivity index (χ2n) is 3.75. The molecule has 2 rings (SSSR count). The zero-order valence-corrected chi connectivity index (χ0v) is 8.34. The Morgan fingerprint density at radius 3 is 2.79 bits per heavy atom. The number of aliphatic imine (C=N–C) groups is 1. The van der Waals surface area contributed by atoms with Crippen LogP contribution in [-0.2, 0) is 0 Å². The Hall–Kier alpha value is -1.38. The summed E-state index contributed by atoms with van der Waals surface area (Å²) in [7, 11) is 0. The fourth-order valence-corrected chi connectivity index (χ4v) is 1.60. The number of benzene rings is 1. The van der Waals surface area contributed by atoms with Gasteiger partial charge in [0.2, 0.25) is 0 Å². The Kier molecular flexibility index (Phi) is 2.23. The van der Waals surface area contributed by atoms with Gasteiger partial charge in [-0.2, -0.15) is 0 Å². The molecule has 74 valence electrons. The molecule has 0 spiro atoms. The number of halogens is 1. The summed E-state index contributed by atoms with van der Waals surface area (Å²) < 4.78 is 13.1. The molecule has 3 heteroatoms. The Balaban J connectivity index is 2.33. The van der Waals surface area contributed by atoms with Crippen LogP contribution in [0.3, 0.4) is 0 Å². The fourth-order valence-electron chi connectivity index (χ4n) is 1.60. The van der Waals surface area contributed by atoms with Gasteiger partial charge in [-0.25, -0.2) is 4.39 Å². The van der Waals surface area contributed by atoms with Crippen LogP contribution in [0, 0.1) is 12.7 Å². The van der Waals surface area contributed by atoms with Gasteiger partial charge < -0.3 is 5.32 Å². The van der Waals surface area contributed by atoms with E-state index in [1.54, 1.807) is 0 Å². The molecular weight excluding hydrogens is 179 g/mol. The molecule has 1 atom stereocenters. The quantitative estimate of drug-likeness (QED) is 0.721. The van der Waals surface area contributed by atoms with Gasteiger partial charge in [-0.3, -0.25) is 4.99 Å². The molecule has 0 saturated carbocycles. The molecule has 1 aliphatic heterocycles. The Morgan fingerprint density at radius 1 is 1.43 bits per heavy atom. The molecule has 0 amide bonds. The first-order valence-corrected chi connectivity index (χ1v) is 4.74. The summed E-state index contributed by atoms with van der Waals surface area (Å²) in [6.07, 6.45) is 0. The summed E-state index contributed by atoms with van der Waals surface area (Å²) in [4.78, 5) is 4.31. The Morgan fingerprint density at radius 2 is 2.21 bits per heavy atom. The molecule has 14 heavy (non-hydrogen) atoms. The fraction of sp³-hybridized carbons (Fsp3) is 0.364. The smallest absolute Gasteiger partial charge is 0.128 e. The molecule has 2 nitrogen and oxygen atoms in total. The minimum atomic E-state index is -0.205. The van der Waals surface area contributed by atoms with Crippen LogP contribution < -0.4 is 5.32 Å². The molecular formula is C11H13FN2. The highest BCUT2D eigenvalue weighted by Crippen LogP contribution is 2.11. The van der Waals surface area contributed by atoms with E-state index >= 15 is 0 Å². The van der Waals surface area contributed by atoms with Gasteiger partial charge >= 0.3 is 0 Å². The molecule has 0 bridgehead atoms. The van der Waals surface area contributed by atoms with Gasteiger partial charge in [0, 0.05) is 11.6 Å². The molecule has 0 saturated heterocycles. The van der Waals surface area contributed by atoms with Crippen molar-refractivity contribution in [3.05, 3.63) is 35.1 Å². The van der Waals surface area contributed by atoms with Gasteiger partial charge in [-0.15, -0.1) is 0 Å². The van der Waals surface area contributed by atoms with Crippen molar-refractivity contribution >= 4 is 5.84 Å². The maximum absolute atomic E-state index is 13.1. The molecule has 0 aliphatic carbocycles. The van der Waals surface area contributed by atoms with Crippen LogP contribution >= 0.6 is 0 Å². The van der Waals surface area contributed by atoms with E-state index in [1.165, 1.54) is 12.1 Å². The molecule has 1 aromatic carbocycles. The number of rotatable bonds is 1. The third-order valence-electron chi connectivity index (χ3n) is 2.22. The largest absolute Gasteiger partial charge is 0.366 e. The normalized spacial score (nSPS) is 20.5. The van der Waals surface area contributed by atoms with Gasteiger partial charge in [0.1, 0.15) is 11.7 Å². The maximum Gasteiger partial charge on any atom is 0.128 e. The molecule has 0 radical (unpaired) electrons. The molecule has 0 aromatic heterocycles. The molecule has 1 aliphatic rings. The van der Waals surface area contributed by atoms with E-state index in [1.807, 2.05) is 13.0 Å².